The quantitative estimate of drug-likeness (QED) is 0.605. The van der Waals surface area contributed by atoms with E-state index in [4.69, 9.17) is 0 Å². The Labute approximate surface area is 130 Å². The summed E-state index contributed by atoms with van der Waals surface area (Å²) >= 11 is 5.09. The van der Waals surface area contributed by atoms with Crippen LogP contribution in [-0.2, 0) is 0 Å². The maximum Gasteiger partial charge on any atom is 0.292 e. The van der Waals surface area contributed by atoms with Crippen molar-refractivity contribution in [2.24, 2.45) is 0 Å². The van der Waals surface area contributed by atoms with Crippen LogP contribution in [-0.4, -0.2) is 4.92 Å². The van der Waals surface area contributed by atoms with Crippen LogP contribution in [0, 0.1) is 24.0 Å². The van der Waals surface area contributed by atoms with E-state index in [1.54, 1.807) is 23.5 Å². The van der Waals surface area contributed by atoms with E-state index in [9.17, 15) is 10.1 Å². The molecular weight excluding hydrogens is 340 g/mol. The molecule has 0 aliphatic carbocycles. The Morgan fingerprint density at radius 3 is 2.60 bits per heavy atom. The fraction of sp³-hybridized carbons (Fsp3) is 0.286. The average Bonchev–Trinajstić information content (AvgIpc) is 2.68. The fourth-order valence-electron chi connectivity index (χ4n) is 2.17. The molecule has 0 saturated heterocycles. The van der Waals surface area contributed by atoms with Gasteiger partial charge in [0, 0.05) is 26.3 Å². The van der Waals surface area contributed by atoms with Crippen LogP contribution in [0.15, 0.2) is 28.7 Å². The number of anilines is 1. The van der Waals surface area contributed by atoms with E-state index in [0.29, 0.717) is 5.69 Å². The second-order valence-electron chi connectivity index (χ2n) is 4.65. The number of hydrogen-bond acceptors (Lipinski definition) is 4. The Bertz CT molecular complexity index is 655. The molecule has 1 aromatic heterocycles. The van der Waals surface area contributed by atoms with Gasteiger partial charge in [-0.2, -0.15) is 0 Å². The fourth-order valence-corrected chi connectivity index (χ4v) is 3.56. The number of thiophene rings is 1. The third-order valence-corrected chi connectivity index (χ3v) is 4.55. The number of halogens is 1. The molecule has 1 heterocycles. The van der Waals surface area contributed by atoms with Crippen LogP contribution >= 0.6 is 27.3 Å². The lowest BCUT2D eigenvalue weighted by molar-refractivity contribution is -0.384. The monoisotopic (exact) mass is 354 g/mol. The van der Waals surface area contributed by atoms with Gasteiger partial charge in [0.05, 0.1) is 4.92 Å². The summed E-state index contributed by atoms with van der Waals surface area (Å²) in [5.41, 5.74) is 1.80. The molecule has 0 aliphatic heterocycles. The number of nitrogens with zero attached hydrogens (tertiary/aromatic N) is 1. The van der Waals surface area contributed by atoms with E-state index < -0.39 is 0 Å². The first-order valence-corrected chi connectivity index (χ1v) is 7.77. The normalized spacial score (nSPS) is 12.2. The van der Waals surface area contributed by atoms with Crippen molar-refractivity contribution in [3.05, 3.63) is 54.2 Å². The Hall–Kier alpha value is -1.40. The van der Waals surface area contributed by atoms with Gasteiger partial charge in [-0.05, 0) is 44.5 Å². The highest BCUT2D eigenvalue weighted by Crippen LogP contribution is 2.33. The summed E-state index contributed by atoms with van der Waals surface area (Å²) in [5, 5.41) is 14.3. The van der Waals surface area contributed by atoms with Crippen LogP contribution < -0.4 is 5.32 Å². The smallest absolute Gasteiger partial charge is 0.292 e. The topological polar surface area (TPSA) is 55.2 Å². The van der Waals surface area contributed by atoms with Crippen LogP contribution in [0.5, 0.6) is 0 Å². The molecule has 0 bridgehead atoms. The minimum atomic E-state index is -0.368. The Morgan fingerprint density at radius 2 is 2.05 bits per heavy atom. The SMILES string of the molecule is Cc1cc(C(C)Nc2cc(Br)ccc2[N+](=O)[O-])c(C)s1. The molecule has 106 valence electrons. The zero-order chi connectivity index (χ0) is 14.9. The predicted octanol–water partition coefficient (Wildman–Crippen LogP) is 5.21. The molecule has 0 radical (unpaired) electrons. The molecule has 0 fully saturated rings. The molecule has 1 unspecified atom stereocenters. The van der Waals surface area contributed by atoms with Gasteiger partial charge < -0.3 is 5.32 Å². The van der Waals surface area contributed by atoms with Crippen LogP contribution in [0.25, 0.3) is 0 Å². The molecule has 1 aromatic carbocycles. The highest BCUT2D eigenvalue weighted by molar-refractivity contribution is 9.10. The summed E-state index contributed by atoms with van der Waals surface area (Å²) < 4.78 is 0.816. The summed E-state index contributed by atoms with van der Waals surface area (Å²) in [6.07, 6.45) is 0. The van der Waals surface area contributed by atoms with Crippen LogP contribution in [0.4, 0.5) is 11.4 Å². The standard InChI is InChI=1S/C14H15BrN2O2S/c1-8-6-12(10(3)20-8)9(2)16-13-7-11(15)4-5-14(13)17(18)19/h4-7,9,16H,1-3H3. The van der Waals surface area contributed by atoms with Crippen molar-refractivity contribution in [2.75, 3.05) is 5.32 Å². The lowest BCUT2D eigenvalue weighted by atomic mass is 10.1. The van der Waals surface area contributed by atoms with E-state index in [1.165, 1.54) is 21.4 Å². The second-order valence-corrected chi connectivity index (χ2v) is 7.03. The van der Waals surface area contributed by atoms with Crippen LogP contribution in [0.1, 0.15) is 28.3 Å². The maximum absolute atomic E-state index is 11.1. The predicted molar refractivity (Wildman–Crippen MR) is 86.6 cm³/mol. The summed E-state index contributed by atoms with van der Waals surface area (Å²) in [4.78, 5) is 13.2. The van der Waals surface area contributed by atoms with Crippen molar-refractivity contribution in [2.45, 2.75) is 26.8 Å². The largest absolute Gasteiger partial charge is 0.373 e. The van der Waals surface area contributed by atoms with Gasteiger partial charge in [0.2, 0.25) is 0 Å². The van der Waals surface area contributed by atoms with Crippen molar-refractivity contribution < 1.29 is 4.92 Å². The van der Waals surface area contributed by atoms with Crippen LogP contribution in [0.2, 0.25) is 0 Å². The highest BCUT2D eigenvalue weighted by Gasteiger charge is 2.18. The highest BCUT2D eigenvalue weighted by atomic mass is 79.9. The lowest BCUT2D eigenvalue weighted by Crippen LogP contribution is -2.08. The van der Waals surface area contributed by atoms with Gasteiger partial charge in [0.15, 0.2) is 0 Å². The summed E-state index contributed by atoms with van der Waals surface area (Å²) in [5.74, 6) is 0. The minimum absolute atomic E-state index is 0.0212. The van der Waals surface area contributed by atoms with Gasteiger partial charge in [-0.1, -0.05) is 15.9 Å². The number of rotatable bonds is 4. The molecule has 20 heavy (non-hydrogen) atoms. The van der Waals surface area contributed by atoms with Crippen molar-refractivity contribution in [3.63, 3.8) is 0 Å². The molecule has 0 amide bonds. The van der Waals surface area contributed by atoms with E-state index in [-0.39, 0.29) is 16.7 Å². The van der Waals surface area contributed by atoms with E-state index in [2.05, 4.69) is 41.2 Å². The lowest BCUT2D eigenvalue weighted by Gasteiger charge is -2.15. The first-order chi connectivity index (χ1) is 9.38. The van der Waals surface area contributed by atoms with Crippen molar-refractivity contribution in [1.29, 1.82) is 0 Å². The maximum atomic E-state index is 11.1. The first kappa shape index (κ1) is 15.0. The molecule has 1 N–H and O–H groups in total. The molecule has 2 rings (SSSR count). The van der Waals surface area contributed by atoms with Crippen molar-refractivity contribution in [1.82, 2.24) is 0 Å². The number of benzene rings is 1. The third kappa shape index (κ3) is 3.19. The number of nitro groups is 1. The first-order valence-electron chi connectivity index (χ1n) is 6.16. The van der Waals surface area contributed by atoms with Crippen LogP contribution in [0.3, 0.4) is 0 Å². The van der Waals surface area contributed by atoms with E-state index in [0.717, 1.165) is 4.47 Å². The number of nitro benzene ring substituents is 1. The third-order valence-electron chi connectivity index (χ3n) is 3.07. The van der Waals surface area contributed by atoms with Crippen molar-refractivity contribution >= 4 is 38.6 Å². The number of nitrogens with one attached hydrogen (secondary N) is 1. The summed E-state index contributed by atoms with van der Waals surface area (Å²) in [7, 11) is 0. The Kier molecular flexibility index (Phi) is 4.45. The van der Waals surface area contributed by atoms with Gasteiger partial charge in [-0.15, -0.1) is 11.3 Å². The summed E-state index contributed by atoms with van der Waals surface area (Å²) in [6.45, 7) is 6.15. The van der Waals surface area contributed by atoms with Gasteiger partial charge in [0.1, 0.15) is 5.69 Å². The number of hydrogen-bond donors (Lipinski definition) is 1. The number of aryl methyl sites for hydroxylation is 2. The van der Waals surface area contributed by atoms with Crippen molar-refractivity contribution in [3.8, 4) is 0 Å². The average molecular weight is 355 g/mol. The summed E-state index contributed by atoms with van der Waals surface area (Å²) in [6, 6.07) is 7.07. The molecule has 1 atom stereocenters. The van der Waals surface area contributed by atoms with E-state index >= 15 is 0 Å². The zero-order valence-electron chi connectivity index (χ0n) is 11.4. The molecule has 0 spiro atoms. The molecule has 0 aliphatic rings. The van der Waals surface area contributed by atoms with Gasteiger partial charge in [0.25, 0.3) is 5.69 Å². The van der Waals surface area contributed by atoms with Gasteiger partial charge in [-0.25, -0.2) is 0 Å². The molecule has 6 heteroatoms. The molecule has 2 aromatic rings. The molecule has 0 saturated carbocycles. The minimum Gasteiger partial charge on any atom is -0.373 e. The van der Waals surface area contributed by atoms with Gasteiger partial charge in [-0.3, -0.25) is 10.1 Å². The van der Waals surface area contributed by atoms with E-state index in [1.807, 2.05) is 6.92 Å². The Morgan fingerprint density at radius 1 is 1.35 bits per heavy atom. The Balaban J connectivity index is 2.32. The molecule has 4 nitrogen and oxygen atoms in total. The van der Waals surface area contributed by atoms with Gasteiger partial charge >= 0.3 is 0 Å². The second kappa shape index (κ2) is 5.93. The molecular formula is C14H15BrN2O2S. The zero-order valence-corrected chi connectivity index (χ0v) is 13.8.